The Hall–Kier alpha value is -1.39. The lowest BCUT2D eigenvalue weighted by molar-refractivity contribution is -0.118. The molecule has 1 aliphatic carbocycles. The van der Waals surface area contributed by atoms with Gasteiger partial charge in [0.15, 0.2) is 10.9 Å². The van der Waals surface area contributed by atoms with Crippen LogP contribution in [0.4, 0.5) is 0 Å². The van der Waals surface area contributed by atoms with Gasteiger partial charge in [0.25, 0.3) is 0 Å². The van der Waals surface area contributed by atoms with Crippen LogP contribution in [0, 0.1) is 5.41 Å². The number of allylic oxidation sites excluding steroid dienone is 1. The third-order valence-corrected chi connectivity index (χ3v) is 4.39. The van der Waals surface area contributed by atoms with Gasteiger partial charge in [-0.25, -0.2) is 0 Å². The zero-order chi connectivity index (χ0) is 15.2. The van der Waals surface area contributed by atoms with Crippen LogP contribution in [-0.2, 0) is 4.79 Å². The van der Waals surface area contributed by atoms with E-state index in [4.69, 9.17) is 23.8 Å². The van der Waals surface area contributed by atoms with Gasteiger partial charge in [0.05, 0.1) is 6.04 Å². The van der Waals surface area contributed by atoms with Crippen LogP contribution in [0.3, 0.4) is 0 Å². The molecule has 0 saturated heterocycles. The number of rotatable bonds is 1. The topological polar surface area (TPSA) is 41.1 Å². The van der Waals surface area contributed by atoms with Crippen molar-refractivity contribution in [3.63, 3.8) is 0 Å². The number of halogens is 1. The molecule has 21 heavy (non-hydrogen) atoms. The van der Waals surface area contributed by atoms with Crippen molar-refractivity contribution in [2.24, 2.45) is 5.41 Å². The summed E-state index contributed by atoms with van der Waals surface area (Å²) in [6.07, 6.45) is 1.38. The van der Waals surface area contributed by atoms with Crippen LogP contribution in [0.25, 0.3) is 0 Å². The Kier molecular flexibility index (Phi) is 3.54. The summed E-state index contributed by atoms with van der Waals surface area (Å²) in [7, 11) is 0. The first-order valence-electron chi connectivity index (χ1n) is 6.95. The molecule has 1 aromatic rings. The van der Waals surface area contributed by atoms with Crippen molar-refractivity contribution >= 4 is 34.7 Å². The normalized spacial score (nSPS) is 24.2. The van der Waals surface area contributed by atoms with Gasteiger partial charge < -0.3 is 10.6 Å². The zero-order valence-electron chi connectivity index (χ0n) is 12.0. The molecule has 2 aliphatic rings. The monoisotopic (exact) mass is 320 g/mol. The highest BCUT2D eigenvalue weighted by atomic mass is 35.5. The minimum atomic E-state index is -0.212. The lowest BCUT2D eigenvalue weighted by Crippen LogP contribution is -2.48. The maximum Gasteiger partial charge on any atom is 0.171 e. The first-order valence-corrected chi connectivity index (χ1v) is 7.74. The molecule has 0 saturated carbocycles. The van der Waals surface area contributed by atoms with Gasteiger partial charge in [0.2, 0.25) is 0 Å². The van der Waals surface area contributed by atoms with Crippen molar-refractivity contribution in [3.05, 3.63) is 46.1 Å². The minimum Gasteiger partial charge on any atom is -0.351 e. The van der Waals surface area contributed by atoms with Gasteiger partial charge in [-0.15, -0.1) is 0 Å². The summed E-state index contributed by atoms with van der Waals surface area (Å²) < 4.78 is 0. The Morgan fingerprint density at radius 2 is 2.10 bits per heavy atom. The minimum absolute atomic E-state index is 0.0330. The van der Waals surface area contributed by atoms with Crippen molar-refractivity contribution in [1.82, 2.24) is 10.6 Å². The van der Waals surface area contributed by atoms with E-state index in [1.54, 1.807) is 0 Å². The number of Topliss-reactive ketones (excluding diaryl/α,β-unsaturated/α-hetero) is 1. The highest BCUT2D eigenvalue weighted by molar-refractivity contribution is 7.80. The summed E-state index contributed by atoms with van der Waals surface area (Å²) in [6.45, 7) is 4.21. The fourth-order valence-corrected chi connectivity index (χ4v) is 3.53. The van der Waals surface area contributed by atoms with Crippen molar-refractivity contribution in [3.8, 4) is 0 Å². The molecule has 0 bridgehead atoms. The van der Waals surface area contributed by atoms with Gasteiger partial charge in [0.1, 0.15) is 0 Å². The van der Waals surface area contributed by atoms with E-state index in [1.807, 2.05) is 24.3 Å². The second-order valence-electron chi connectivity index (χ2n) is 6.42. The number of ketones is 1. The summed E-state index contributed by atoms with van der Waals surface area (Å²) in [5.41, 5.74) is 2.68. The maximum absolute atomic E-state index is 12.6. The van der Waals surface area contributed by atoms with E-state index in [9.17, 15) is 4.79 Å². The van der Waals surface area contributed by atoms with Gasteiger partial charge in [-0.05, 0) is 41.7 Å². The van der Waals surface area contributed by atoms with E-state index in [1.165, 1.54) is 0 Å². The fourth-order valence-electron chi connectivity index (χ4n) is 3.09. The molecule has 3 nitrogen and oxygen atoms in total. The number of hydrogen-bond donors (Lipinski definition) is 2. The lowest BCUT2D eigenvalue weighted by atomic mass is 9.73. The number of carbonyl (C=O) groups excluding carboxylic acids is 1. The molecule has 1 unspecified atom stereocenters. The van der Waals surface area contributed by atoms with Crippen LogP contribution in [0.5, 0.6) is 0 Å². The van der Waals surface area contributed by atoms with E-state index < -0.39 is 0 Å². The van der Waals surface area contributed by atoms with Crippen LogP contribution < -0.4 is 10.6 Å². The number of benzene rings is 1. The molecule has 1 heterocycles. The molecular weight excluding hydrogens is 304 g/mol. The van der Waals surface area contributed by atoms with Crippen LogP contribution in [0.2, 0.25) is 5.02 Å². The Morgan fingerprint density at radius 3 is 2.81 bits per heavy atom. The number of hydrogen-bond acceptors (Lipinski definition) is 2. The second kappa shape index (κ2) is 5.11. The fraction of sp³-hybridized carbons (Fsp3) is 0.375. The van der Waals surface area contributed by atoms with Crippen molar-refractivity contribution in [1.29, 1.82) is 0 Å². The van der Waals surface area contributed by atoms with Crippen LogP contribution in [0.1, 0.15) is 38.3 Å². The largest absolute Gasteiger partial charge is 0.351 e. The molecule has 5 heteroatoms. The Morgan fingerprint density at radius 1 is 1.33 bits per heavy atom. The van der Waals surface area contributed by atoms with E-state index in [2.05, 4.69) is 24.5 Å². The smallest absolute Gasteiger partial charge is 0.171 e. The molecule has 0 fully saturated rings. The second-order valence-corrected chi connectivity index (χ2v) is 7.26. The molecule has 0 spiro atoms. The van der Waals surface area contributed by atoms with Gasteiger partial charge >= 0.3 is 0 Å². The van der Waals surface area contributed by atoms with Crippen LogP contribution in [0.15, 0.2) is 35.5 Å². The predicted octanol–water partition coefficient (Wildman–Crippen LogP) is 3.50. The average Bonchev–Trinajstić information content (AvgIpc) is 2.35. The molecule has 1 aliphatic heterocycles. The van der Waals surface area contributed by atoms with Crippen molar-refractivity contribution in [2.75, 3.05) is 0 Å². The standard InChI is InChI=1S/C16H17ClN2OS/c1-16(2)7-11-13(12(20)8-16)14(19-15(21)18-11)9-4-3-5-10(17)6-9/h3-6,14H,7-8H2,1-2H3,(H2,18,19,21). The van der Waals surface area contributed by atoms with Crippen LogP contribution >= 0.6 is 23.8 Å². The van der Waals surface area contributed by atoms with Gasteiger partial charge in [0, 0.05) is 22.7 Å². The SMILES string of the molecule is CC1(C)CC(=O)C2=C(C1)NC(=S)NC2c1cccc(Cl)c1. The van der Waals surface area contributed by atoms with E-state index >= 15 is 0 Å². The van der Waals surface area contributed by atoms with E-state index in [0.29, 0.717) is 16.6 Å². The predicted molar refractivity (Wildman–Crippen MR) is 88.1 cm³/mol. The summed E-state index contributed by atoms with van der Waals surface area (Å²) in [5.74, 6) is 0.175. The molecule has 0 radical (unpaired) electrons. The third kappa shape index (κ3) is 2.83. The molecule has 3 rings (SSSR count). The molecular formula is C16H17ClN2OS. The van der Waals surface area contributed by atoms with Gasteiger partial charge in [-0.1, -0.05) is 37.6 Å². The van der Waals surface area contributed by atoms with E-state index in [-0.39, 0.29) is 17.2 Å². The quantitative estimate of drug-likeness (QED) is 0.777. The Balaban J connectivity index is 2.08. The summed E-state index contributed by atoms with van der Waals surface area (Å²) in [4.78, 5) is 12.6. The first kappa shape index (κ1) is 14.5. The summed E-state index contributed by atoms with van der Waals surface area (Å²) in [5, 5.41) is 7.58. The van der Waals surface area contributed by atoms with Gasteiger partial charge in [-0.3, -0.25) is 4.79 Å². The van der Waals surface area contributed by atoms with Crippen molar-refractivity contribution < 1.29 is 4.79 Å². The summed E-state index contributed by atoms with van der Waals surface area (Å²) in [6, 6.07) is 7.35. The Labute approximate surface area is 134 Å². The maximum atomic E-state index is 12.6. The highest BCUT2D eigenvalue weighted by Gasteiger charge is 2.39. The summed E-state index contributed by atoms with van der Waals surface area (Å²) >= 11 is 11.4. The Bertz CT molecular complexity index is 666. The number of thiocarbonyl (C=S) groups is 1. The molecule has 2 N–H and O–H groups in total. The lowest BCUT2D eigenvalue weighted by Gasteiger charge is -2.39. The third-order valence-electron chi connectivity index (χ3n) is 3.93. The zero-order valence-corrected chi connectivity index (χ0v) is 13.6. The average molecular weight is 321 g/mol. The molecule has 1 aromatic carbocycles. The molecule has 0 amide bonds. The van der Waals surface area contributed by atoms with Crippen LogP contribution in [-0.4, -0.2) is 10.9 Å². The molecule has 0 aromatic heterocycles. The number of carbonyl (C=O) groups is 1. The molecule has 110 valence electrons. The van der Waals surface area contributed by atoms with E-state index in [0.717, 1.165) is 23.3 Å². The van der Waals surface area contributed by atoms with Crippen molar-refractivity contribution in [2.45, 2.75) is 32.7 Å². The molecule has 1 atom stereocenters. The number of nitrogens with one attached hydrogen (secondary N) is 2. The first-order chi connectivity index (χ1) is 9.85. The van der Waals surface area contributed by atoms with Gasteiger partial charge in [-0.2, -0.15) is 0 Å². The highest BCUT2D eigenvalue weighted by Crippen LogP contribution is 2.41.